The van der Waals surface area contributed by atoms with E-state index in [9.17, 15) is 18.0 Å². The van der Waals surface area contributed by atoms with Crippen LogP contribution in [0, 0.1) is 0 Å². The van der Waals surface area contributed by atoms with Gasteiger partial charge in [0.1, 0.15) is 0 Å². The molecule has 1 saturated heterocycles. The van der Waals surface area contributed by atoms with Crippen molar-refractivity contribution in [3.05, 3.63) is 59.7 Å². The number of nitrogens with zero attached hydrogens (tertiary/aromatic N) is 2. The van der Waals surface area contributed by atoms with Crippen LogP contribution >= 0.6 is 0 Å². The highest BCUT2D eigenvalue weighted by Crippen LogP contribution is 2.37. The summed E-state index contributed by atoms with van der Waals surface area (Å²) >= 11 is 0. The summed E-state index contributed by atoms with van der Waals surface area (Å²) in [6.07, 6.45) is 4.21. The van der Waals surface area contributed by atoms with E-state index in [0.29, 0.717) is 25.1 Å². The van der Waals surface area contributed by atoms with Gasteiger partial charge in [0.05, 0.1) is 10.9 Å². The minimum Gasteiger partial charge on any atom is -0.343 e. The molecular weight excluding hydrogens is 438 g/mol. The van der Waals surface area contributed by atoms with Crippen molar-refractivity contribution in [2.24, 2.45) is 0 Å². The number of likely N-dealkylation sites (tertiary alicyclic amines) is 1. The monoisotopic (exact) mass is 469 g/mol. The Labute approximate surface area is 195 Å². The molecule has 1 N–H and O–H groups in total. The van der Waals surface area contributed by atoms with Gasteiger partial charge < -0.3 is 10.2 Å². The highest BCUT2D eigenvalue weighted by molar-refractivity contribution is 7.89. The number of rotatable bonds is 6. The van der Waals surface area contributed by atoms with Crippen molar-refractivity contribution in [1.29, 1.82) is 0 Å². The Morgan fingerprint density at radius 3 is 2.36 bits per heavy atom. The van der Waals surface area contributed by atoms with Crippen molar-refractivity contribution in [3.63, 3.8) is 0 Å². The number of anilines is 1. The Morgan fingerprint density at radius 1 is 0.970 bits per heavy atom. The van der Waals surface area contributed by atoms with Crippen LogP contribution in [-0.4, -0.2) is 49.1 Å². The molecule has 1 fully saturated rings. The molecule has 2 amide bonds. The van der Waals surface area contributed by atoms with E-state index in [2.05, 4.69) is 5.32 Å². The molecular formula is C25H31N3O4S. The molecule has 2 aliphatic rings. The summed E-state index contributed by atoms with van der Waals surface area (Å²) in [5.41, 5.74) is 2.56. The van der Waals surface area contributed by atoms with E-state index in [4.69, 9.17) is 0 Å². The molecule has 0 spiro atoms. The van der Waals surface area contributed by atoms with Crippen LogP contribution < -0.4 is 5.32 Å². The third-order valence-corrected chi connectivity index (χ3v) is 8.43. The first kappa shape index (κ1) is 23.4. The SMILES string of the molecule is CCC(=O)Nc1ccc(S(=O)(=O)N2CCc3ccccc3[C@@H]2CC(=O)N2CCCCC2)cc1. The highest BCUT2D eigenvalue weighted by Gasteiger charge is 2.38. The third kappa shape index (κ3) is 5.12. The van der Waals surface area contributed by atoms with Crippen LogP contribution in [0.4, 0.5) is 5.69 Å². The highest BCUT2D eigenvalue weighted by atomic mass is 32.2. The second kappa shape index (κ2) is 10.1. The van der Waals surface area contributed by atoms with E-state index in [-0.39, 0.29) is 23.1 Å². The van der Waals surface area contributed by atoms with Crippen LogP contribution in [0.2, 0.25) is 0 Å². The van der Waals surface area contributed by atoms with Crippen LogP contribution in [0.5, 0.6) is 0 Å². The van der Waals surface area contributed by atoms with Gasteiger partial charge in [-0.25, -0.2) is 8.42 Å². The van der Waals surface area contributed by atoms with Crippen LogP contribution in [0.3, 0.4) is 0 Å². The molecule has 8 heteroatoms. The van der Waals surface area contributed by atoms with E-state index >= 15 is 0 Å². The summed E-state index contributed by atoms with van der Waals surface area (Å²) in [6.45, 7) is 3.56. The largest absolute Gasteiger partial charge is 0.343 e. The molecule has 176 valence electrons. The summed E-state index contributed by atoms with van der Waals surface area (Å²) in [5.74, 6) is -0.122. The minimum atomic E-state index is -3.83. The number of piperidine rings is 1. The summed E-state index contributed by atoms with van der Waals surface area (Å²) in [4.78, 5) is 26.8. The zero-order valence-corrected chi connectivity index (χ0v) is 19.8. The van der Waals surface area contributed by atoms with Gasteiger partial charge in [-0.1, -0.05) is 31.2 Å². The van der Waals surface area contributed by atoms with Gasteiger partial charge in [0, 0.05) is 38.2 Å². The molecule has 0 bridgehead atoms. The first-order valence-electron chi connectivity index (χ1n) is 11.7. The topological polar surface area (TPSA) is 86.8 Å². The summed E-state index contributed by atoms with van der Waals surface area (Å²) in [5, 5.41) is 2.74. The predicted molar refractivity (Wildman–Crippen MR) is 127 cm³/mol. The molecule has 0 aliphatic carbocycles. The fourth-order valence-electron chi connectivity index (χ4n) is 4.66. The number of nitrogens with one attached hydrogen (secondary N) is 1. The Bertz CT molecular complexity index is 1110. The van der Waals surface area contributed by atoms with E-state index in [1.165, 1.54) is 16.4 Å². The van der Waals surface area contributed by atoms with Gasteiger partial charge in [-0.05, 0) is 61.1 Å². The van der Waals surface area contributed by atoms with Gasteiger partial charge >= 0.3 is 0 Å². The summed E-state index contributed by atoms with van der Waals surface area (Å²) in [6, 6.07) is 13.5. The van der Waals surface area contributed by atoms with Crippen LogP contribution in [0.15, 0.2) is 53.4 Å². The molecule has 2 aromatic rings. The maximum atomic E-state index is 13.7. The van der Waals surface area contributed by atoms with E-state index in [1.807, 2.05) is 29.2 Å². The van der Waals surface area contributed by atoms with Crippen molar-refractivity contribution in [2.45, 2.75) is 56.4 Å². The third-order valence-electron chi connectivity index (χ3n) is 6.51. The van der Waals surface area contributed by atoms with Gasteiger partial charge in [-0.2, -0.15) is 4.31 Å². The van der Waals surface area contributed by atoms with Crippen molar-refractivity contribution in [3.8, 4) is 0 Å². The molecule has 0 saturated carbocycles. The standard InChI is InChI=1S/C25H31N3O4S/c1-2-24(29)26-20-10-12-21(13-11-20)33(31,32)28-17-14-19-8-4-5-9-22(19)23(28)18-25(30)27-15-6-3-7-16-27/h4-5,8-13,23H,2-3,6-7,14-18H2,1H3,(H,26,29)/t23-/m0/s1. The average Bonchev–Trinajstić information content (AvgIpc) is 2.84. The fraction of sp³-hybridized carbons (Fsp3) is 0.440. The van der Waals surface area contributed by atoms with Crippen LogP contribution in [0.25, 0.3) is 0 Å². The zero-order valence-electron chi connectivity index (χ0n) is 19.0. The minimum absolute atomic E-state index is 0.00855. The van der Waals surface area contributed by atoms with Crippen molar-refractivity contribution >= 4 is 27.5 Å². The number of benzene rings is 2. The van der Waals surface area contributed by atoms with Crippen molar-refractivity contribution in [2.75, 3.05) is 25.0 Å². The molecule has 0 aromatic heterocycles. The number of fused-ring (bicyclic) bond motifs is 1. The van der Waals surface area contributed by atoms with E-state index in [1.54, 1.807) is 19.1 Å². The Kier molecular flexibility index (Phi) is 7.14. The molecule has 0 radical (unpaired) electrons. The van der Waals surface area contributed by atoms with Gasteiger partial charge in [0.25, 0.3) is 0 Å². The second-order valence-electron chi connectivity index (χ2n) is 8.65. The van der Waals surface area contributed by atoms with Gasteiger partial charge in [-0.3, -0.25) is 9.59 Å². The Hall–Kier alpha value is -2.71. The normalized spacial score (nSPS) is 19.1. The van der Waals surface area contributed by atoms with E-state index < -0.39 is 16.1 Å². The van der Waals surface area contributed by atoms with Crippen molar-refractivity contribution in [1.82, 2.24) is 9.21 Å². The number of sulfonamides is 1. The maximum Gasteiger partial charge on any atom is 0.243 e. The first-order chi connectivity index (χ1) is 15.9. The quantitative estimate of drug-likeness (QED) is 0.699. The summed E-state index contributed by atoms with van der Waals surface area (Å²) < 4.78 is 28.8. The first-order valence-corrected chi connectivity index (χ1v) is 13.1. The smallest absolute Gasteiger partial charge is 0.243 e. The fourth-order valence-corrected chi connectivity index (χ4v) is 6.27. The molecule has 4 rings (SSSR count). The summed E-state index contributed by atoms with van der Waals surface area (Å²) in [7, 11) is -3.83. The van der Waals surface area contributed by atoms with Crippen LogP contribution in [0.1, 0.15) is 56.2 Å². The number of carbonyl (C=O) groups excluding carboxylic acids is 2. The van der Waals surface area contributed by atoms with Gasteiger partial charge in [0.15, 0.2) is 0 Å². The number of carbonyl (C=O) groups is 2. The molecule has 2 aliphatic heterocycles. The lowest BCUT2D eigenvalue weighted by Crippen LogP contribution is -2.43. The average molecular weight is 470 g/mol. The Balaban J connectivity index is 1.62. The zero-order chi connectivity index (χ0) is 23.4. The number of amides is 2. The van der Waals surface area contributed by atoms with Crippen LogP contribution in [-0.2, 0) is 26.0 Å². The molecule has 2 aromatic carbocycles. The molecule has 2 heterocycles. The predicted octanol–water partition coefficient (Wildman–Crippen LogP) is 3.73. The number of hydrogen-bond donors (Lipinski definition) is 1. The lowest BCUT2D eigenvalue weighted by molar-refractivity contribution is -0.133. The molecule has 7 nitrogen and oxygen atoms in total. The van der Waals surface area contributed by atoms with Crippen molar-refractivity contribution < 1.29 is 18.0 Å². The molecule has 1 atom stereocenters. The maximum absolute atomic E-state index is 13.7. The molecule has 0 unspecified atom stereocenters. The lowest BCUT2D eigenvalue weighted by Gasteiger charge is -2.37. The van der Waals surface area contributed by atoms with Gasteiger partial charge in [-0.15, -0.1) is 0 Å². The molecule has 33 heavy (non-hydrogen) atoms. The lowest BCUT2D eigenvalue weighted by atomic mass is 9.92. The van der Waals surface area contributed by atoms with E-state index in [0.717, 1.165) is 43.5 Å². The number of hydrogen-bond acceptors (Lipinski definition) is 4. The second-order valence-corrected chi connectivity index (χ2v) is 10.5. The van der Waals surface area contributed by atoms with Gasteiger partial charge in [0.2, 0.25) is 21.8 Å². The Morgan fingerprint density at radius 2 is 1.67 bits per heavy atom.